The molecule has 1 saturated carbocycles. The van der Waals surface area contributed by atoms with E-state index < -0.39 is 0 Å². The van der Waals surface area contributed by atoms with Crippen molar-refractivity contribution in [1.29, 1.82) is 0 Å². The van der Waals surface area contributed by atoms with E-state index in [4.69, 9.17) is 0 Å². The van der Waals surface area contributed by atoms with E-state index in [1.54, 1.807) is 0 Å². The summed E-state index contributed by atoms with van der Waals surface area (Å²) in [6, 6.07) is 10.1. The summed E-state index contributed by atoms with van der Waals surface area (Å²) in [5.74, 6) is 0.419. The Morgan fingerprint density at radius 1 is 1.25 bits per heavy atom. The summed E-state index contributed by atoms with van der Waals surface area (Å²) in [5, 5.41) is 3.36. The van der Waals surface area contributed by atoms with E-state index in [-0.39, 0.29) is 5.41 Å². The van der Waals surface area contributed by atoms with Gasteiger partial charge in [0.15, 0.2) is 0 Å². The van der Waals surface area contributed by atoms with Crippen LogP contribution in [0.2, 0.25) is 0 Å². The molecule has 1 fully saturated rings. The van der Waals surface area contributed by atoms with Crippen LogP contribution in [0, 0.1) is 5.41 Å². The first kappa shape index (κ1) is 11.2. The second-order valence-corrected chi connectivity index (χ2v) is 4.91. The molecule has 1 N–H and O–H groups in total. The molecule has 0 heterocycles. The van der Waals surface area contributed by atoms with Gasteiger partial charge < -0.3 is 5.32 Å². The Labute approximate surface area is 97.1 Å². The van der Waals surface area contributed by atoms with Crippen molar-refractivity contribution in [3.8, 4) is 0 Å². The maximum atomic E-state index is 11.9. The third-order valence-corrected chi connectivity index (χ3v) is 3.51. The Hall–Kier alpha value is -1.31. The van der Waals surface area contributed by atoms with E-state index in [1.165, 1.54) is 6.42 Å². The van der Waals surface area contributed by atoms with Gasteiger partial charge in [-0.1, -0.05) is 31.5 Å². The van der Waals surface area contributed by atoms with Gasteiger partial charge in [0.25, 0.3) is 0 Å². The molecule has 1 aliphatic rings. The van der Waals surface area contributed by atoms with Crippen molar-refractivity contribution in [2.45, 2.75) is 32.6 Å². The largest absolute Gasteiger partial charge is 0.384 e. The molecule has 0 aliphatic heterocycles. The molecule has 0 bridgehead atoms. The number of carbonyl (C=O) groups excluding carboxylic acids is 1. The molecule has 1 aromatic rings. The highest BCUT2D eigenvalue weighted by molar-refractivity contribution is 5.85. The van der Waals surface area contributed by atoms with Crippen molar-refractivity contribution in [2.75, 3.05) is 11.9 Å². The number of benzene rings is 1. The minimum atomic E-state index is -0.159. The van der Waals surface area contributed by atoms with E-state index in [9.17, 15) is 4.79 Å². The second-order valence-electron chi connectivity index (χ2n) is 4.91. The van der Waals surface area contributed by atoms with Gasteiger partial charge >= 0.3 is 0 Å². The number of para-hydroxylation sites is 1. The Bertz CT molecular complexity index is 360. The van der Waals surface area contributed by atoms with Crippen LogP contribution in [0.3, 0.4) is 0 Å². The summed E-state index contributed by atoms with van der Waals surface area (Å²) in [6.07, 6.45) is 4.02. The minimum Gasteiger partial charge on any atom is -0.384 e. The van der Waals surface area contributed by atoms with Crippen molar-refractivity contribution in [1.82, 2.24) is 0 Å². The number of hydrogen-bond donors (Lipinski definition) is 1. The lowest BCUT2D eigenvalue weighted by molar-refractivity contribution is -0.129. The van der Waals surface area contributed by atoms with Gasteiger partial charge in [0.2, 0.25) is 0 Å². The molecule has 1 unspecified atom stereocenters. The van der Waals surface area contributed by atoms with Crippen LogP contribution in [0.25, 0.3) is 0 Å². The Kier molecular flexibility index (Phi) is 3.28. The standard InChI is InChI=1S/C14H19NO/c1-14(10-6-5-9-13(14)16)11-15-12-7-3-2-4-8-12/h2-4,7-8,15H,5-6,9-11H2,1H3. The average Bonchev–Trinajstić information content (AvgIpc) is 2.32. The van der Waals surface area contributed by atoms with Crippen molar-refractivity contribution in [3.63, 3.8) is 0 Å². The summed E-state index contributed by atoms with van der Waals surface area (Å²) >= 11 is 0. The van der Waals surface area contributed by atoms with Gasteiger partial charge in [-0.25, -0.2) is 0 Å². The average molecular weight is 217 g/mol. The minimum absolute atomic E-state index is 0.159. The number of Topliss-reactive ketones (excluding diaryl/α,β-unsaturated/α-hetero) is 1. The normalized spacial score (nSPS) is 25.4. The molecular formula is C14H19NO. The molecule has 16 heavy (non-hydrogen) atoms. The van der Waals surface area contributed by atoms with Crippen LogP contribution >= 0.6 is 0 Å². The van der Waals surface area contributed by atoms with Gasteiger partial charge in [-0.2, -0.15) is 0 Å². The summed E-state index contributed by atoms with van der Waals surface area (Å²) in [4.78, 5) is 11.9. The van der Waals surface area contributed by atoms with Crippen LogP contribution in [0.1, 0.15) is 32.6 Å². The third kappa shape index (κ3) is 2.43. The van der Waals surface area contributed by atoms with E-state index >= 15 is 0 Å². The molecule has 2 rings (SSSR count). The monoisotopic (exact) mass is 217 g/mol. The van der Waals surface area contributed by atoms with E-state index in [0.29, 0.717) is 5.78 Å². The maximum absolute atomic E-state index is 11.9. The van der Waals surface area contributed by atoms with Crippen LogP contribution < -0.4 is 5.32 Å². The Balaban J connectivity index is 1.96. The van der Waals surface area contributed by atoms with E-state index in [2.05, 4.69) is 12.2 Å². The van der Waals surface area contributed by atoms with Gasteiger partial charge in [0.1, 0.15) is 5.78 Å². The lowest BCUT2D eigenvalue weighted by Crippen LogP contribution is -2.37. The quantitative estimate of drug-likeness (QED) is 0.842. The first-order chi connectivity index (χ1) is 7.71. The first-order valence-corrected chi connectivity index (χ1v) is 6.03. The van der Waals surface area contributed by atoms with Gasteiger partial charge in [-0.05, 0) is 25.0 Å². The Morgan fingerprint density at radius 2 is 2.00 bits per heavy atom. The molecule has 2 heteroatoms. The predicted molar refractivity (Wildman–Crippen MR) is 66.5 cm³/mol. The third-order valence-electron chi connectivity index (χ3n) is 3.51. The first-order valence-electron chi connectivity index (χ1n) is 6.03. The number of rotatable bonds is 3. The molecule has 1 aromatic carbocycles. The van der Waals surface area contributed by atoms with Crippen LogP contribution in [-0.4, -0.2) is 12.3 Å². The molecule has 0 spiro atoms. The molecule has 86 valence electrons. The molecule has 0 saturated heterocycles. The lowest BCUT2D eigenvalue weighted by Gasteiger charge is -2.32. The highest BCUT2D eigenvalue weighted by atomic mass is 16.1. The highest BCUT2D eigenvalue weighted by Gasteiger charge is 2.34. The van der Waals surface area contributed by atoms with E-state index in [0.717, 1.165) is 31.5 Å². The molecule has 0 amide bonds. The molecule has 0 radical (unpaired) electrons. The van der Waals surface area contributed by atoms with Gasteiger partial charge in [-0.3, -0.25) is 4.79 Å². The molecular weight excluding hydrogens is 198 g/mol. The van der Waals surface area contributed by atoms with Crippen LogP contribution in [0.5, 0.6) is 0 Å². The number of carbonyl (C=O) groups is 1. The smallest absolute Gasteiger partial charge is 0.140 e. The van der Waals surface area contributed by atoms with Gasteiger partial charge in [-0.15, -0.1) is 0 Å². The van der Waals surface area contributed by atoms with Crippen molar-refractivity contribution < 1.29 is 4.79 Å². The zero-order valence-corrected chi connectivity index (χ0v) is 9.83. The SMILES string of the molecule is CC1(CNc2ccccc2)CCCCC1=O. The number of hydrogen-bond acceptors (Lipinski definition) is 2. The number of anilines is 1. The second kappa shape index (κ2) is 4.69. The summed E-state index contributed by atoms with van der Waals surface area (Å²) < 4.78 is 0. The lowest BCUT2D eigenvalue weighted by atomic mass is 9.74. The van der Waals surface area contributed by atoms with Crippen molar-refractivity contribution in [3.05, 3.63) is 30.3 Å². The molecule has 2 nitrogen and oxygen atoms in total. The summed E-state index contributed by atoms with van der Waals surface area (Å²) in [7, 11) is 0. The zero-order valence-electron chi connectivity index (χ0n) is 9.83. The fourth-order valence-corrected chi connectivity index (χ4v) is 2.28. The number of ketones is 1. The number of nitrogens with one attached hydrogen (secondary N) is 1. The molecule has 0 aromatic heterocycles. The Morgan fingerprint density at radius 3 is 2.69 bits per heavy atom. The highest BCUT2D eigenvalue weighted by Crippen LogP contribution is 2.32. The van der Waals surface area contributed by atoms with Crippen LogP contribution in [0.4, 0.5) is 5.69 Å². The van der Waals surface area contributed by atoms with Crippen molar-refractivity contribution in [2.24, 2.45) is 5.41 Å². The summed E-state index contributed by atoms with van der Waals surface area (Å²) in [6.45, 7) is 2.85. The van der Waals surface area contributed by atoms with Gasteiger partial charge in [0.05, 0.1) is 0 Å². The fraction of sp³-hybridized carbons (Fsp3) is 0.500. The zero-order chi connectivity index (χ0) is 11.4. The van der Waals surface area contributed by atoms with Crippen LogP contribution in [-0.2, 0) is 4.79 Å². The fourth-order valence-electron chi connectivity index (χ4n) is 2.28. The maximum Gasteiger partial charge on any atom is 0.140 e. The van der Waals surface area contributed by atoms with Crippen molar-refractivity contribution >= 4 is 11.5 Å². The predicted octanol–water partition coefficient (Wildman–Crippen LogP) is 3.25. The summed E-state index contributed by atoms with van der Waals surface area (Å²) in [5.41, 5.74) is 0.941. The molecule has 1 aliphatic carbocycles. The van der Waals surface area contributed by atoms with Crippen LogP contribution in [0.15, 0.2) is 30.3 Å². The topological polar surface area (TPSA) is 29.1 Å². The van der Waals surface area contributed by atoms with E-state index in [1.807, 2.05) is 30.3 Å². The van der Waals surface area contributed by atoms with Gasteiger partial charge in [0, 0.05) is 24.1 Å². The molecule has 1 atom stereocenters.